The number of hydrogen-bond donors (Lipinski definition) is 1. The Morgan fingerprint density at radius 1 is 1.27 bits per heavy atom. The molecule has 2 N–H and O–H groups in total. The van der Waals surface area contributed by atoms with Gasteiger partial charge in [-0.3, -0.25) is 0 Å². The van der Waals surface area contributed by atoms with Gasteiger partial charge in [-0.1, -0.05) is 6.92 Å². The van der Waals surface area contributed by atoms with Crippen LogP contribution in [0.25, 0.3) is 11.7 Å². The third-order valence-corrected chi connectivity index (χ3v) is 2.05. The zero-order valence-corrected chi connectivity index (χ0v) is 8.56. The minimum absolute atomic E-state index is 0.415. The maximum atomic E-state index is 5.48. The van der Waals surface area contributed by atoms with Crippen molar-refractivity contribution in [1.29, 1.82) is 0 Å². The van der Waals surface area contributed by atoms with E-state index in [9.17, 15) is 0 Å². The summed E-state index contributed by atoms with van der Waals surface area (Å²) in [6.07, 6.45) is 1.44. The molecule has 0 saturated heterocycles. The van der Waals surface area contributed by atoms with E-state index in [0.717, 1.165) is 12.2 Å². The van der Waals surface area contributed by atoms with E-state index in [1.54, 1.807) is 0 Å². The van der Waals surface area contributed by atoms with Crippen molar-refractivity contribution in [3.63, 3.8) is 0 Å². The largest absolute Gasteiger partial charge is 0.456 e. The first-order valence-corrected chi connectivity index (χ1v) is 4.95. The second-order valence-electron chi connectivity index (χ2n) is 3.16. The van der Waals surface area contributed by atoms with E-state index in [2.05, 4.69) is 10.2 Å². The molecule has 5 nitrogen and oxygen atoms in total. The summed E-state index contributed by atoms with van der Waals surface area (Å²) in [5.41, 5.74) is 5.38. The fourth-order valence-electron chi connectivity index (χ4n) is 1.26. The van der Waals surface area contributed by atoms with Crippen molar-refractivity contribution in [2.24, 2.45) is 5.73 Å². The molecule has 0 aromatic carbocycles. The van der Waals surface area contributed by atoms with E-state index in [-0.39, 0.29) is 0 Å². The second kappa shape index (κ2) is 4.27. The number of hydrogen-bond acceptors (Lipinski definition) is 5. The normalized spacial score (nSPS) is 10.8. The Morgan fingerprint density at radius 3 is 2.80 bits per heavy atom. The molecule has 2 aromatic heterocycles. The lowest BCUT2D eigenvalue weighted by Gasteiger charge is -1.89. The first-order chi connectivity index (χ1) is 7.33. The molecule has 0 atom stereocenters. The summed E-state index contributed by atoms with van der Waals surface area (Å²) in [5.74, 6) is 2.48. The predicted molar refractivity (Wildman–Crippen MR) is 54.1 cm³/mol. The van der Waals surface area contributed by atoms with Gasteiger partial charge >= 0.3 is 0 Å². The minimum Gasteiger partial charge on any atom is -0.456 e. The number of furan rings is 1. The molecule has 5 heteroatoms. The molecule has 0 amide bonds. The summed E-state index contributed by atoms with van der Waals surface area (Å²) in [6.45, 7) is 2.52. The monoisotopic (exact) mass is 207 g/mol. The van der Waals surface area contributed by atoms with Gasteiger partial charge in [0.2, 0.25) is 5.89 Å². The zero-order chi connectivity index (χ0) is 10.7. The molecule has 0 unspecified atom stereocenters. The van der Waals surface area contributed by atoms with Crippen LogP contribution in [0.4, 0.5) is 0 Å². The van der Waals surface area contributed by atoms with Gasteiger partial charge in [0.05, 0.1) is 0 Å². The second-order valence-corrected chi connectivity index (χ2v) is 3.16. The standard InChI is InChI=1S/C10H13N3O2/c1-2-7-3-4-8(14-7)10-13-12-9(15-10)5-6-11/h3-4H,2,5-6,11H2,1H3. The van der Waals surface area contributed by atoms with Crippen LogP contribution >= 0.6 is 0 Å². The van der Waals surface area contributed by atoms with Gasteiger partial charge in [-0.05, 0) is 12.1 Å². The first kappa shape index (κ1) is 9.92. The lowest BCUT2D eigenvalue weighted by Crippen LogP contribution is -2.02. The Hall–Kier alpha value is -1.62. The van der Waals surface area contributed by atoms with Crippen LogP contribution in [-0.4, -0.2) is 16.7 Å². The third-order valence-electron chi connectivity index (χ3n) is 2.05. The maximum Gasteiger partial charge on any atom is 0.283 e. The predicted octanol–water partition coefficient (Wildman–Crippen LogP) is 1.39. The highest BCUT2D eigenvalue weighted by atomic mass is 16.4. The van der Waals surface area contributed by atoms with E-state index >= 15 is 0 Å². The topological polar surface area (TPSA) is 78.1 Å². The van der Waals surface area contributed by atoms with Gasteiger partial charge in [0.25, 0.3) is 5.89 Å². The molecule has 15 heavy (non-hydrogen) atoms. The molecular weight excluding hydrogens is 194 g/mol. The van der Waals surface area contributed by atoms with Crippen molar-refractivity contribution in [2.45, 2.75) is 19.8 Å². The maximum absolute atomic E-state index is 5.48. The van der Waals surface area contributed by atoms with E-state index in [1.807, 2.05) is 19.1 Å². The fraction of sp³-hybridized carbons (Fsp3) is 0.400. The highest BCUT2D eigenvalue weighted by Gasteiger charge is 2.11. The zero-order valence-electron chi connectivity index (χ0n) is 8.56. The Balaban J connectivity index is 2.21. The van der Waals surface area contributed by atoms with Crippen molar-refractivity contribution in [3.8, 4) is 11.7 Å². The van der Waals surface area contributed by atoms with Crippen molar-refractivity contribution in [1.82, 2.24) is 10.2 Å². The Morgan fingerprint density at radius 2 is 2.13 bits per heavy atom. The molecule has 0 saturated carbocycles. The molecule has 0 spiro atoms. The van der Waals surface area contributed by atoms with Crippen molar-refractivity contribution >= 4 is 0 Å². The van der Waals surface area contributed by atoms with Gasteiger partial charge in [-0.15, -0.1) is 10.2 Å². The molecule has 0 aliphatic rings. The summed E-state index contributed by atoms with van der Waals surface area (Å²) in [7, 11) is 0. The Bertz CT molecular complexity index is 433. The van der Waals surface area contributed by atoms with Gasteiger partial charge in [0.15, 0.2) is 5.76 Å². The third kappa shape index (κ3) is 2.07. The summed E-state index contributed by atoms with van der Waals surface area (Å²) < 4.78 is 10.9. The van der Waals surface area contributed by atoms with E-state index in [4.69, 9.17) is 14.6 Å². The van der Waals surface area contributed by atoms with E-state index in [0.29, 0.717) is 30.5 Å². The molecule has 0 fully saturated rings. The smallest absolute Gasteiger partial charge is 0.283 e. The van der Waals surface area contributed by atoms with Crippen LogP contribution in [0.3, 0.4) is 0 Å². The molecule has 2 heterocycles. The summed E-state index contributed by atoms with van der Waals surface area (Å²) in [5, 5.41) is 7.75. The number of aryl methyl sites for hydroxylation is 1. The molecule has 2 rings (SSSR count). The quantitative estimate of drug-likeness (QED) is 0.819. The molecule has 2 aromatic rings. The van der Waals surface area contributed by atoms with Crippen LogP contribution in [0, 0.1) is 0 Å². The van der Waals surface area contributed by atoms with Crippen molar-refractivity contribution in [2.75, 3.05) is 6.54 Å². The van der Waals surface area contributed by atoms with Crippen LogP contribution in [0.2, 0.25) is 0 Å². The first-order valence-electron chi connectivity index (χ1n) is 4.95. The van der Waals surface area contributed by atoms with Gasteiger partial charge in [0.1, 0.15) is 5.76 Å². The summed E-state index contributed by atoms with van der Waals surface area (Å²) >= 11 is 0. The molecule has 0 bridgehead atoms. The number of aromatic nitrogens is 2. The fourth-order valence-corrected chi connectivity index (χ4v) is 1.26. The van der Waals surface area contributed by atoms with Crippen molar-refractivity contribution < 1.29 is 8.83 Å². The summed E-state index contributed by atoms with van der Waals surface area (Å²) in [6, 6.07) is 3.74. The lowest BCUT2D eigenvalue weighted by atomic mass is 10.3. The Kier molecular flexibility index (Phi) is 2.82. The SMILES string of the molecule is CCc1ccc(-c2nnc(CCN)o2)o1. The molecule has 0 aliphatic heterocycles. The lowest BCUT2D eigenvalue weighted by molar-refractivity contribution is 0.468. The number of rotatable bonds is 4. The van der Waals surface area contributed by atoms with Gasteiger partial charge in [0, 0.05) is 19.4 Å². The van der Waals surface area contributed by atoms with Crippen LogP contribution in [0.5, 0.6) is 0 Å². The highest BCUT2D eigenvalue weighted by Crippen LogP contribution is 2.20. The molecule has 0 aliphatic carbocycles. The van der Waals surface area contributed by atoms with Gasteiger partial charge in [-0.25, -0.2) is 0 Å². The highest BCUT2D eigenvalue weighted by molar-refractivity contribution is 5.43. The van der Waals surface area contributed by atoms with E-state index < -0.39 is 0 Å². The van der Waals surface area contributed by atoms with Crippen LogP contribution in [-0.2, 0) is 12.8 Å². The average Bonchev–Trinajstić information content (AvgIpc) is 2.85. The minimum atomic E-state index is 0.415. The molecule has 0 radical (unpaired) electrons. The summed E-state index contributed by atoms with van der Waals surface area (Å²) in [4.78, 5) is 0. The average molecular weight is 207 g/mol. The van der Waals surface area contributed by atoms with Crippen molar-refractivity contribution in [3.05, 3.63) is 23.8 Å². The number of nitrogens with zero attached hydrogens (tertiary/aromatic N) is 2. The molecule has 80 valence electrons. The van der Waals surface area contributed by atoms with Gasteiger partial charge < -0.3 is 14.6 Å². The van der Waals surface area contributed by atoms with Crippen LogP contribution in [0.15, 0.2) is 21.0 Å². The Labute approximate surface area is 87.3 Å². The van der Waals surface area contributed by atoms with E-state index in [1.165, 1.54) is 0 Å². The van der Waals surface area contributed by atoms with Crippen LogP contribution < -0.4 is 5.73 Å². The van der Waals surface area contributed by atoms with Gasteiger partial charge in [-0.2, -0.15) is 0 Å². The molecular formula is C10H13N3O2. The number of nitrogens with two attached hydrogens (primary N) is 1. The van der Waals surface area contributed by atoms with Crippen LogP contribution in [0.1, 0.15) is 18.6 Å².